The van der Waals surface area contributed by atoms with E-state index >= 15 is 0 Å². The molecule has 0 radical (unpaired) electrons. The molecule has 1 N–H and O–H groups in total. The van der Waals surface area contributed by atoms with Crippen LogP contribution in [0.1, 0.15) is 69.4 Å². The molecule has 0 saturated heterocycles. The molecule has 218 valence electrons. The van der Waals surface area contributed by atoms with Gasteiger partial charge in [0.1, 0.15) is 6.04 Å². The predicted molar refractivity (Wildman–Crippen MR) is 155 cm³/mol. The van der Waals surface area contributed by atoms with Crippen LogP contribution < -0.4 is 19.1 Å². The molecule has 2 aromatic rings. The molecule has 0 bridgehead atoms. The topological polar surface area (TPSA) is 105 Å². The summed E-state index contributed by atoms with van der Waals surface area (Å²) in [5.41, 5.74) is 2.52. The highest BCUT2D eigenvalue weighted by molar-refractivity contribution is 7.92. The maximum Gasteiger partial charge on any atom is 0.243 e. The fourth-order valence-corrected chi connectivity index (χ4v) is 6.36. The monoisotopic (exact) mass is 571 g/mol. The Balaban J connectivity index is 1.47. The molecule has 0 spiro atoms. The van der Waals surface area contributed by atoms with Gasteiger partial charge in [-0.3, -0.25) is 13.9 Å². The second-order valence-electron chi connectivity index (χ2n) is 10.8. The molecule has 0 aromatic heterocycles. The first kappa shape index (κ1) is 29.7. The van der Waals surface area contributed by atoms with Crippen molar-refractivity contribution in [2.75, 3.05) is 23.9 Å². The van der Waals surface area contributed by atoms with Gasteiger partial charge in [0, 0.05) is 31.6 Å². The fraction of sp³-hybridized carbons (Fsp3) is 0.533. The molecule has 4 rings (SSSR count). The molecule has 1 aliphatic heterocycles. The lowest BCUT2D eigenvalue weighted by atomic mass is 9.95. The van der Waals surface area contributed by atoms with E-state index in [0.29, 0.717) is 36.6 Å². The zero-order valence-electron chi connectivity index (χ0n) is 23.7. The van der Waals surface area contributed by atoms with E-state index in [-0.39, 0.29) is 37.6 Å². The number of nitrogens with one attached hydrogen (secondary N) is 1. The molecule has 10 heteroatoms. The highest BCUT2D eigenvalue weighted by Crippen LogP contribution is 2.36. The molecular weight excluding hydrogens is 530 g/mol. The van der Waals surface area contributed by atoms with Gasteiger partial charge in [0.2, 0.25) is 28.6 Å². The average molecular weight is 572 g/mol. The first-order valence-electron chi connectivity index (χ1n) is 14.2. The standard InChI is InChI=1S/C30H41N3O6S/c1-4-26(30(35)31-24-9-6-5-7-10-24)32(20-23-14-12-22(2)13-15-23)29(34)11-8-18-33(40(3,36)37)25-16-17-27-28(19-25)39-21-38-27/h12-17,19,24,26H,4-11,18,20-21H2,1-3H3,(H,31,35)/t26-/m0/s1. The number of carbonyl (C=O) groups is 2. The van der Waals surface area contributed by atoms with Gasteiger partial charge in [0.25, 0.3) is 0 Å². The number of anilines is 1. The minimum absolute atomic E-state index is 0.0932. The fourth-order valence-electron chi connectivity index (χ4n) is 5.40. The van der Waals surface area contributed by atoms with E-state index in [1.807, 2.05) is 38.1 Å². The first-order chi connectivity index (χ1) is 19.2. The highest BCUT2D eigenvalue weighted by Gasteiger charge is 2.30. The highest BCUT2D eigenvalue weighted by atomic mass is 32.2. The number of carbonyl (C=O) groups excluding carboxylic acids is 2. The van der Waals surface area contributed by atoms with Crippen LogP contribution in [0.2, 0.25) is 0 Å². The van der Waals surface area contributed by atoms with Gasteiger partial charge in [-0.15, -0.1) is 0 Å². The smallest absolute Gasteiger partial charge is 0.243 e. The van der Waals surface area contributed by atoms with Gasteiger partial charge in [-0.1, -0.05) is 56.0 Å². The van der Waals surface area contributed by atoms with Gasteiger partial charge in [-0.2, -0.15) is 0 Å². The largest absolute Gasteiger partial charge is 0.454 e. The summed E-state index contributed by atoms with van der Waals surface area (Å²) >= 11 is 0. The van der Waals surface area contributed by atoms with Crippen molar-refractivity contribution in [3.63, 3.8) is 0 Å². The number of amides is 2. The van der Waals surface area contributed by atoms with Crippen molar-refractivity contribution in [2.45, 2.75) is 83.8 Å². The van der Waals surface area contributed by atoms with Crippen LogP contribution in [0.15, 0.2) is 42.5 Å². The number of hydrogen-bond donors (Lipinski definition) is 1. The van der Waals surface area contributed by atoms with Gasteiger partial charge in [0.15, 0.2) is 11.5 Å². The van der Waals surface area contributed by atoms with Crippen molar-refractivity contribution in [1.29, 1.82) is 0 Å². The summed E-state index contributed by atoms with van der Waals surface area (Å²) < 4.78 is 37.3. The zero-order valence-corrected chi connectivity index (χ0v) is 24.5. The molecule has 2 aliphatic rings. The second-order valence-corrected chi connectivity index (χ2v) is 12.7. The van der Waals surface area contributed by atoms with Crippen LogP contribution in [0.5, 0.6) is 11.5 Å². The Morgan fingerprint density at radius 3 is 2.40 bits per heavy atom. The van der Waals surface area contributed by atoms with E-state index in [0.717, 1.165) is 43.1 Å². The minimum Gasteiger partial charge on any atom is -0.454 e. The number of sulfonamides is 1. The Labute approximate surface area is 237 Å². The molecule has 40 heavy (non-hydrogen) atoms. The van der Waals surface area contributed by atoms with Crippen LogP contribution in [0.25, 0.3) is 0 Å². The Bertz CT molecular complexity index is 1270. The number of rotatable bonds is 12. The van der Waals surface area contributed by atoms with E-state index in [2.05, 4.69) is 5.32 Å². The number of fused-ring (bicyclic) bond motifs is 1. The molecule has 0 unspecified atom stereocenters. The van der Waals surface area contributed by atoms with E-state index in [4.69, 9.17) is 9.47 Å². The summed E-state index contributed by atoms with van der Waals surface area (Å²) in [4.78, 5) is 28.7. The molecule has 1 atom stereocenters. The number of benzene rings is 2. The SMILES string of the molecule is CC[C@@H](C(=O)NC1CCCCC1)N(Cc1ccc(C)cc1)C(=O)CCCN(c1ccc2c(c1)OCO2)S(C)(=O)=O. The van der Waals surface area contributed by atoms with Gasteiger partial charge in [-0.05, 0) is 50.3 Å². The summed E-state index contributed by atoms with van der Waals surface area (Å²) in [6.45, 7) is 4.45. The maximum atomic E-state index is 13.7. The third-order valence-corrected chi connectivity index (χ3v) is 8.80. The lowest BCUT2D eigenvalue weighted by Gasteiger charge is -2.33. The van der Waals surface area contributed by atoms with Crippen molar-refractivity contribution in [1.82, 2.24) is 10.2 Å². The Morgan fingerprint density at radius 1 is 1.02 bits per heavy atom. The Kier molecular flexibility index (Phi) is 9.95. The normalized spacial score (nSPS) is 15.9. The van der Waals surface area contributed by atoms with Gasteiger partial charge < -0.3 is 19.7 Å². The molecule has 2 aromatic carbocycles. The van der Waals surface area contributed by atoms with Crippen LogP contribution >= 0.6 is 0 Å². The summed E-state index contributed by atoms with van der Waals surface area (Å²) in [6, 6.07) is 12.5. The predicted octanol–water partition coefficient (Wildman–Crippen LogP) is 4.53. The molecule has 1 heterocycles. The van der Waals surface area contributed by atoms with Crippen molar-refractivity contribution in [2.24, 2.45) is 0 Å². The van der Waals surface area contributed by atoms with E-state index < -0.39 is 16.1 Å². The molecule has 2 amide bonds. The van der Waals surface area contributed by atoms with E-state index in [1.165, 1.54) is 10.7 Å². The van der Waals surface area contributed by atoms with Crippen LogP contribution in [0.4, 0.5) is 5.69 Å². The minimum atomic E-state index is -3.61. The quantitative estimate of drug-likeness (QED) is 0.402. The van der Waals surface area contributed by atoms with Crippen molar-refractivity contribution >= 4 is 27.5 Å². The maximum absolute atomic E-state index is 13.7. The third-order valence-electron chi connectivity index (χ3n) is 7.61. The summed E-state index contributed by atoms with van der Waals surface area (Å²) in [6.07, 6.45) is 7.38. The van der Waals surface area contributed by atoms with Crippen molar-refractivity contribution < 1.29 is 27.5 Å². The van der Waals surface area contributed by atoms with Gasteiger partial charge in [0.05, 0.1) is 11.9 Å². The number of nitrogens with zero attached hydrogens (tertiary/aromatic N) is 2. The number of aryl methyl sites for hydroxylation is 1. The summed E-state index contributed by atoms with van der Waals surface area (Å²) in [5, 5.41) is 3.19. The van der Waals surface area contributed by atoms with Crippen LogP contribution in [0.3, 0.4) is 0 Å². The third kappa shape index (κ3) is 7.68. The van der Waals surface area contributed by atoms with Crippen molar-refractivity contribution in [3.8, 4) is 11.5 Å². The van der Waals surface area contributed by atoms with Crippen LogP contribution in [-0.2, 0) is 26.2 Å². The van der Waals surface area contributed by atoms with E-state index in [1.54, 1.807) is 23.1 Å². The molecular formula is C30H41N3O6S. The summed E-state index contributed by atoms with van der Waals surface area (Å²) in [5.74, 6) is 0.760. The van der Waals surface area contributed by atoms with Gasteiger partial charge in [-0.25, -0.2) is 8.42 Å². The molecule has 9 nitrogen and oxygen atoms in total. The molecule has 1 fully saturated rings. The van der Waals surface area contributed by atoms with E-state index in [9.17, 15) is 18.0 Å². The first-order valence-corrected chi connectivity index (χ1v) is 16.0. The van der Waals surface area contributed by atoms with Crippen LogP contribution in [0, 0.1) is 6.92 Å². The second kappa shape index (κ2) is 13.4. The molecule has 1 saturated carbocycles. The summed E-state index contributed by atoms with van der Waals surface area (Å²) in [7, 11) is -3.61. The Hall–Kier alpha value is -3.27. The van der Waals surface area contributed by atoms with Crippen LogP contribution in [-0.4, -0.2) is 56.8 Å². The van der Waals surface area contributed by atoms with Gasteiger partial charge >= 0.3 is 0 Å². The average Bonchev–Trinajstić information content (AvgIpc) is 3.40. The van der Waals surface area contributed by atoms with Crippen molar-refractivity contribution in [3.05, 3.63) is 53.6 Å². The number of hydrogen-bond acceptors (Lipinski definition) is 6. The lowest BCUT2D eigenvalue weighted by Crippen LogP contribution is -2.51. The Morgan fingerprint density at radius 2 is 1.73 bits per heavy atom. The lowest BCUT2D eigenvalue weighted by molar-refractivity contribution is -0.141. The number of ether oxygens (including phenoxy) is 2. The molecule has 1 aliphatic carbocycles. The zero-order chi connectivity index (χ0) is 28.7.